The van der Waals surface area contributed by atoms with Crippen LogP contribution in [0.25, 0.3) is 21.1 Å². The second-order valence-corrected chi connectivity index (χ2v) is 11.5. The van der Waals surface area contributed by atoms with Gasteiger partial charge in [-0.3, -0.25) is 9.97 Å². The highest BCUT2D eigenvalue weighted by Gasteiger charge is 2.04. The quantitative estimate of drug-likeness (QED) is 0.158. The summed E-state index contributed by atoms with van der Waals surface area (Å²) in [6, 6.07) is 36.1. The Morgan fingerprint density at radius 1 is 0.500 bits per heavy atom. The van der Waals surface area contributed by atoms with Gasteiger partial charge in [-0.05, 0) is 59.3 Å². The molecule has 0 aliphatic carbocycles. The molecule has 0 spiro atoms. The highest BCUT2D eigenvalue weighted by molar-refractivity contribution is 7.16. The highest BCUT2D eigenvalue weighted by atomic mass is 32.1. The first-order valence-electron chi connectivity index (χ1n) is 14.6. The minimum Gasteiger partial charge on any atom is -0.473 e. The molecule has 0 saturated heterocycles. The molecule has 0 unspecified atom stereocenters. The number of fused-ring (bicyclic) bond motifs is 3. The minimum absolute atomic E-state index is 0. The van der Waals surface area contributed by atoms with E-state index in [4.69, 9.17) is 0 Å². The summed E-state index contributed by atoms with van der Waals surface area (Å²) in [6.07, 6.45) is 11.3. The average molecular weight is 755 g/mol. The summed E-state index contributed by atoms with van der Waals surface area (Å²) in [5.74, 6) is 0. The van der Waals surface area contributed by atoms with Crippen LogP contribution in [0.5, 0.6) is 0 Å². The molecule has 274 valence electrons. The van der Waals surface area contributed by atoms with Crippen molar-refractivity contribution in [3.63, 3.8) is 0 Å². The third-order valence-corrected chi connectivity index (χ3v) is 7.74. The Kier molecular flexibility index (Phi) is 27.0. The summed E-state index contributed by atoms with van der Waals surface area (Å²) in [7, 11) is 0. The second kappa shape index (κ2) is 30.2. The number of thiophene rings is 1. The fourth-order valence-electron chi connectivity index (χ4n) is 3.65. The van der Waals surface area contributed by atoms with Gasteiger partial charge in [0.2, 0.25) is 0 Å². The number of benzene rings is 3. The van der Waals surface area contributed by atoms with E-state index in [2.05, 4.69) is 69.7 Å². The van der Waals surface area contributed by atoms with Gasteiger partial charge >= 0.3 is 0 Å². The lowest BCUT2D eigenvalue weighted by Gasteiger charge is -1.93. The zero-order valence-corrected chi connectivity index (χ0v) is 28.3. The van der Waals surface area contributed by atoms with E-state index in [1.54, 1.807) is 64.4 Å². The molecule has 3 aromatic carbocycles. The number of thiazole rings is 2. The van der Waals surface area contributed by atoms with Crippen molar-refractivity contribution < 1.29 is 8.83 Å². The Labute approximate surface area is 321 Å². The minimum atomic E-state index is 0. The molecule has 1 aliphatic rings. The molecule has 9 aromatic rings. The zero-order chi connectivity index (χ0) is 33.2. The molecule has 11 heteroatoms. The molecule has 0 amide bonds. The molecule has 0 saturated carbocycles. The van der Waals surface area contributed by atoms with Crippen LogP contribution in [0.2, 0.25) is 0 Å². The van der Waals surface area contributed by atoms with Crippen molar-refractivity contribution in [3.05, 3.63) is 180 Å². The van der Waals surface area contributed by atoms with Gasteiger partial charge < -0.3 is 19.5 Å². The summed E-state index contributed by atoms with van der Waals surface area (Å²) >= 11 is 4.99. The van der Waals surface area contributed by atoms with Crippen LogP contribution in [0.1, 0.15) is 29.7 Å². The van der Waals surface area contributed by atoms with Gasteiger partial charge in [-0.1, -0.05) is 90.4 Å². The fourth-order valence-corrected chi connectivity index (χ4v) is 5.13. The van der Waals surface area contributed by atoms with E-state index < -0.39 is 0 Å². The molecule has 0 bridgehead atoms. The maximum atomic E-state index is 4.58. The number of para-hydroxylation sites is 4. The predicted octanol–water partition coefficient (Wildman–Crippen LogP) is 13.4. The van der Waals surface area contributed by atoms with E-state index in [0.717, 1.165) is 17.7 Å². The van der Waals surface area contributed by atoms with Crippen LogP contribution in [0.4, 0.5) is 11.4 Å². The van der Waals surface area contributed by atoms with Gasteiger partial charge in [-0.25, -0.2) is 9.97 Å². The van der Waals surface area contributed by atoms with Crippen LogP contribution in [0.3, 0.4) is 0 Å². The Morgan fingerprint density at radius 2 is 1.15 bits per heavy atom. The number of rotatable bonds is 0. The third kappa shape index (κ3) is 19.0. The molecule has 2 N–H and O–H groups in total. The van der Waals surface area contributed by atoms with Crippen molar-refractivity contribution in [2.75, 3.05) is 17.3 Å². The van der Waals surface area contributed by atoms with Crippen LogP contribution in [-0.2, 0) is 0 Å². The van der Waals surface area contributed by atoms with Crippen molar-refractivity contribution in [1.29, 1.82) is 0 Å². The molecule has 8 nitrogen and oxygen atoms in total. The molecule has 10 rings (SSSR count). The third-order valence-electron chi connectivity index (χ3n) is 5.78. The van der Waals surface area contributed by atoms with Gasteiger partial charge in [-0.15, -0.1) is 22.7 Å². The Balaban J connectivity index is 0.000000588. The molecule has 52 heavy (non-hydrogen) atoms. The lowest BCUT2D eigenvalue weighted by molar-refractivity contribution is 0.558. The molecule has 0 atom stereocenters. The van der Waals surface area contributed by atoms with Gasteiger partial charge in [0.1, 0.15) is 6.26 Å². The van der Waals surface area contributed by atoms with Crippen LogP contribution >= 0.6 is 34.0 Å². The zero-order valence-electron chi connectivity index (χ0n) is 25.9. The molecule has 0 fully saturated rings. The number of anilines is 2. The van der Waals surface area contributed by atoms with Gasteiger partial charge in [-0.2, -0.15) is 11.3 Å². The first-order chi connectivity index (χ1) is 23.9. The molecule has 1 aliphatic heterocycles. The highest BCUT2D eigenvalue weighted by Crippen LogP contribution is 2.24. The van der Waals surface area contributed by atoms with Crippen molar-refractivity contribution in [2.24, 2.45) is 0 Å². The predicted molar refractivity (Wildman–Crippen MR) is 228 cm³/mol. The Hall–Kier alpha value is -5.62. The van der Waals surface area contributed by atoms with E-state index in [1.165, 1.54) is 34.1 Å². The van der Waals surface area contributed by atoms with Gasteiger partial charge in [0.25, 0.3) is 0 Å². The summed E-state index contributed by atoms with van der Waals surface area (Å²) in [6.45, 7) is 0.860. The number of pyridine rings is 1. The normalized spacial score (nSPS) is 9.15. The Morgan fingerprint density at radius 3 is 1.63 bits per heavy atom. The smallest absolute Gasteiger partial charge is 0.180 e. The number of oxazole rings is 1. The van der Waals surface area contributed by atoms with Crippen molar-refractivity contribution in [2.45, 2.75) is 29.7 Å². The van der Waals surface area contributed by atoms with E-state index >= 15 is 0 Å². The van der Waals surface area contributed by atoms with E-state index in [0.29, 0.717) is 0 Å². The van der Waals surface area contributed by atoms with Crippen LogP contribution in [0.15, 0.2) is 189 Å². The maximum Gasteiger partial charge on any atom is 0.180 e. The summed E-state index contributed by atoms with van der Waals surface area (Å²) in [5, 5.41) is 13.6. The van der Waals surface area contributed by atoms with E-state index in [1.807, 2.05) is 107 Å². The van der Waals surface area contributed by atoms with E-state index in [-0.39, 0.29) is 29.7 Å². The summed E-state index contributed by atoms with van der Waals surface area (Å²) in [5.41, 5.74) is 8.23. The number of nitrogens with zero attached hydrogens (tertiary/aromatic N) is 4. The number of aromatic nitrogens is 4. The standard InChI is InChI=1S/C9H7N.C7H8N2.C7H5NS.C4H4O.C4H4S.C3H3NO.C3H3NS.4CH4/c1-2-6-9-8(4-1)5-3-7-10-9;2*1-2-4-7-6(3-1)8-5-9-7;2*1-2-4-5-3-1;2*1-2-5-3-4-1;;;;/h1-7H;1-4,8-9H,5H2;1-5H;2*1-4H;2*1-3H;4*1H4. The number of hydrogen-bond acceptors (Lipinski definition) is 11. The van der Waals surface area contributed by atoms with Crippen LogP contribution < -0.4 is 10.6 Å². The van der Waals surface area contributed by atoms with Gasteiger partial charge in [0, 0.05) is 23.2 Å². The second-order valence-electron chi connectivity index (χ2n) is 9.03. The van der Waals surface area contributed by atoms with Crippen molar-refractivity contribution in [1.82, 2.24) is 19.9 Å². The number of nitrogens with one attached hydrogen (secondary N) is 2. The molecule has 6 aromatic heterocycles. The Bertz CT molecular complexity index is 1690. The number of hydrogen-bond donors (Lipinski definition) is 2. The summed E-state index contributed by atoms with van der Waals surface area (Å²) in [4.78, 5) is 15.6. The fraction of sp³-hybridized carbons (Fsp3) is 0.122. The van der Waals surface area contributed by atoms with Gasteiger partial charge in [0.05, 0.1) is 63.5 Å². The molecule has 0 radical (unpaired) electrons. The first kappa shape index (κ1) is 46.4. The van der Waals surface area contributed by atoms with E-state index in [9.17, 15) is 0 Å². The topological polar surface area (TPSA) is 102 Å². The lowest BCUT2D eigenvalue weighted by Crippen LogP contribution is -1.98. The molecular weight excluding hydrogens is 705 g/mol. The largest absolute Gasteiger partial charge is 0.473 e. The SMILES string of the molecule is C.C.C.C.c1ccc2c(c1)NCN2.c1ccc2ncccc2c1.c1ccc2scnc2c1.c1ccoc1.c1ccsc1.c1cocn1.c1cscn1. The van der Waals surface area contributed by atoms with Gasteiger partial charge in [0.15, 0.2) is 6.39 Å². The van der Waals surface area contributed by atoms with Crippen LogP contribution in [0, 0.1) is 0 Å². The van der Waals surface area contributed by atoms with Crippen molar-refractivity contribution >= 4 is 66.5 Å². The van der Waals surface area contributed by atoms with Crippen LogP contribution in [-0.4, -0.2) is 26.6 Å². The maximum absolute atomic E-state index is 4.58. The molecular formula is C41H50N6O2S3. The number of furan rings is 1. The lowest BCUT2D eigenvalue weighted by atomic mass is 10.2. The first-order valence-corrected chi connectivity index (χ1v) is 17.4. The monoisotopic (exact) mass is 754 g/mol. The average Bonchev–Trinajstić information content (AvgIpc) is 4.03. The summed E-state index contributed by atoms with van der Waals surface area (Å²) < 4.78 is 10.3. The molecule has 7 heterocycles. The van der Waals surface area contributed by atoms with Crippen molar-refractivity contribution in [3.8, 4) is 0 Å².